The minimum Gasteiger partial charge on any atom is -0.481 e. The molecule has 2 N–H and O–H groups in total. The van der Waals surface area contributed by atoms with Gasteiger partial charge in [0.25, 0.3) is 0 Å². The van der Waals surface area contributed by atoms with Gasteiger partial charge in [-0.3, -0.25) is 9.59 Å². The van der Waals surface area contributed by atoms with Crippen molar-refractivity contribution in [3.8, 4) is 5.69 Å². The van der Waals surface area contributed by atoms with E-state index in [4.69, 9.17) is 21.8 Å². The van der Waals surface area contributed by atoms with Crippen molar-refractivity contribution in [3.63, 3.8) is 0 Å². The van der Waals surface area contributed by atoms with Crippen LogP contribution >= 0.6 is 11.6 Å². The Balaban J connectivity index is 0.000000194. The van der Waals surface area contributed by atoms with Crippen molar-refractivity contribution in [2.24, 2.45) is 5.41 Å². The third-order valence-corrected chi connectivity index (χ3v) is 4.07. The number of allylic oxidation sites excluding steroid dienone is 2. The van der Waals surface area contributed by atoms with Gasteiger partial charge >= 0.3 is 11.9 Å². The second kappa shape index (κ2) is 8.46. The second-order valence-corrected chi connectivity index (χ2v) is 6.51. The van der Waals surface area contributed by atoms with Crippen LogP contribution in [0.1, 0.15) is 23.7 Å². The number of aromatic nitrogens is 2. The first kappa shape index (κ1) is 20.1. The van der Waals surface area contributed by atoms with Crippen LogP contribution in [0.25, 0.3) is 5.69 Å². The average molecular weight is 389 g/mol. The Labute approximate surface area is 160 Å². The second-order valence-electron chi connectivity index (χ2n) is 6.07. The molecule has 0 saturated carbocycles. The predicted octanol–water partition coefficient (Wildman–Crippen LogP) is 3.30. The number of hydrogen-bond acceptors (Lipinski definition) is 4. The molecule has 1 aromatic carbocycles. The van der Waals surface area contributed by atoms with Crippen molar-refractivity contribution in [3.05, 3.63) is 71.0 Å². The zero-order chi connectivity index (χ0) is 20.0. The van der Waals surface area contributed by atoms with E-state index < -0.39 is 17.4 Å². The molecule has 2 aromatic rings. The minimum absolute atomic E-state index is 0.0161. The highest BCUT2D eigenvalue weighted by Crippen LogP contribution is 2.35. The Hall–Kier alpha value is -3.19. The molecule has 0 aliphatic heterocycles. The van der Waals surface area contributed by atoms with Crippen molar-refractivity contribution in [1.29, 1.82) is 0 Å². The summed E-state index contributed by atoms with van der Waals surface area (Å²) in [6.07, 6.45) is 6.60. The number of para-hydroxylation sites is 1. The van der Waals surface area contributed by atoms with Gasteiger partial charge in [-0.2, -0.15) is 5.10 Å². The van der Waals surface area contributed by atoms with Gasteiger partial charge in [0, 0.05) is 16.8 Å². The number of hydrogen-bond donors (Lipinski definition) is 2. The fourth-order valence-corrected chi connectivity index (χ4v) is 2.78. The zero-order valence-electron chi connectivity index (χ0n) is 14.4. The highest BCUT2D eigenvalue weighted by molar-refractivity contribution is 6.31. The monoisotopic (exact) mass is 388 g/mol. The molecule has 1 unspecified atom stereocenters. The zero-order valence-corrected chi connectivity index (χ0v) is 15.1. The van der Waals surface area contributed by atoms with Crippen LogP contribution in [0.2, 0.25) is 0 Å². The van der Waals surface area contributed by atoms with Crippen LogP contribution in [0.4, 0.5) is 0 Å². The molecule has 1 atom stereocenters. The lowest BCUT2D eigenvalue weighted by Crippen LogP contribution is -2.29. The number of aliphatic carboxylic acids is 2. The molecule has 0 spiro atoms. The summed E-state index contributed by atoms with van der Waals surface area (Å²) >= 11 is 5.64. The summed E-state index contributed by atoms with van der Waals surface area (Å²) in [7, 11) is 0. The lowest BCUT2D eigenvalue weighted by atomic mass is 9.80. The van der Waals surface area contributed by atoms with E-state index in [2.05, 4.69) is 5.10 Å². The van der Waals surface area contributed by atoms with Gasteiger partial charge in [-0.15, -0.1) is 0 Å². The van der Waals surface area contributed by atoms with Gasteiger partial charge < -0.3 is 10.2 Å². The largest absolute Gasteiger partial charge is 0.481 e. The molecule has 1 aliphatic carbocycles. The highest BCUT2D eigenvalue weighted by Gasteiger charge is 2.36. The maximum atomic E-state index is 10.9. The maximum Gasteiger partial charge on any atom is 0.331 e. The Kier molecular flexibility index (Phi) is 6.31. The van der Waals surface area contributed by atoms with E-state index in [1.54, 1.807) is 17.1 Å². The third kappa shape index (κ3) is 5.15. The number of carboxylic acid groups (broad SMARTS) is 2. The Morgan fingerprint density at radius 3 is 2.44 bits per heavy atom. The minimum atomic E-state index is -1.22. The molecule has 0 radical (unpaired) electrons. The lowest BCUT2D eigenvalue weighted by molar-refractivity contribution is -0.145. The fourth-order valence-electron chi connectivity index (χ4n) is 2.40. The Morgan fingerprint density at radius 2 is 1.93 bits per heavy atom. The van der Waals surface area contributed by atoms with Crippen LogP contribution in [0.15, 0.2) is 65.5 Å². The van der Waals surface area contributed by atoms with Gasteiger partial charge in [0.15, 0.2) is 6.29 Å². The van der Waals surface area contributed by atoms with Crippen LogP contribution in [-0.4, -0.2) is 38.2 Å². The molecule has 8 heteroatoms. The molecule has 1 heterocycles. The van der Waals surface area contributed by atoms with Crippen LogP contribution in [0, 0.1) is 5.41 Å². The van der Waals surface area contributed by atoms with Crippen molar-refractivity contribution in [1.82, 2.24) is 9.78 Å². The van der Waals surface area contributed by atoms with Gasteiger partial charge in [0.2, 0.25) is 0 Å². The summed E-state index contributed by atoms with van der Waals surface area (Å²) in [6, 6.07) is 9.66. The number of aldehydes is 1. The van der Waals surface area contributed by atoms with Crippen molar-refractivity contribution < 1.29 is 24.6 Å². The first-order chi connectivity index (χ1) is 12.7. The Morgan fingerprint density at radius 1 is 1.26 bits per heavy atom. The van der Waals surface area contributed by atoms with E-state index in [0.717, 1.165) is 12.0 Å². The maximum absolute atomic E-state index is 10.9. The van der Waals surface area contributed by atoms with Gasteiger partial charge in [-0.25, -0.2) is 9.48 Å². The van der Waals surface area contributed by atoms with Crippen molar-refractivity contribution in [2.45, 2.75) is 13.3 Å². The van der Waals surface area contributed by atoms with Crippen LogP contribution in [-0.2, 0) is 9.59 Å². The molecule has 7 nitrogen and oxygen atoms in total. The van der Waals surface area contributed by atoms with E-state index in [1.165, 1.54) is 19.1 Å². The molecular formula is C19H17ClN2O5. The van der Waals surface area contributed by atoms with Gasteiger partial charge in [-0.05, 0) is 37.6 Å². The molecular weight excluding hydrogens is 372 g/mol. The first-order valence-corrected chi connectivity index (χ1v) is 8.24. The molecule has 140 valence electrons. The van der Waals surface area contributed by atoms with E-state index in [1.807, 2.05) is 30.3 Å². The van der Waals surface area contributed by atoms with Gasteiger partial charge in [0.05, 0.1) is 22.9 Å². The number of halogens is 1. The van der Waals surface area contributed by atoms with Crippen molar-refractivity contribution in [2.75, 3.05) is 0 Å². The molecule has 1 aliphatic rings. The molecule has 0 bridgehead atoms. The smallest absolute Gasteiger partial charge is 0.331 e. The van der Waals surface area contributed by atoms with E-state index in [-0.39, 0.29) is 17.0 Å². The molecule has 1 aromatic heterocycles. The molecule has 0 saturated heterocycles. The normalized spacial score (nSPS) is 18.4. The number of nitrogens with zero attached hydrogens (tertiary/aromatic N) is 2. The number of benzene rings is 1. The Bertz CT molecular complexity index is 917. The van der Waals surface area contributed by atoms with Crippen LogP contribution in [0.3, 0.4) is 0 Å². The summed E-state index contributed by atoms with van der Waals surface area (Å²) in [5.74, 6) is -2.22. The lowest BCUT2D eigenvalue weighted by Gasteiger charge is -2.24. The number of carbonyl (C=O) groups excluding carboxylic acids is 1. The number of carboxylic acids is 2. The van der Waals surface area contributed by atoms with Crippen LogP contribution in [0.5, 0.6) is 0 Å². The third-order valence-electron chi connectivity index (χ3n) is 3.85. The van der Waals surface area contributed by atoms with E-state index in [0.29, 0.717) is 5.56 Å². The molecule has 27 heavy (non-hydrogen) atoms. The SMILES string of the molecule is CC1(C(=O)O)C=C(Cl)C=C(C(=O)O)C1.O=Cc1cnn(-c2ccccc2)c1. The standard InChI is InChI=1S/C10H8N2O.C9H9ClO4/c13-8-9-6-11-12(7-9)10-4-2-1-3-5-10;1-9(8(13)14)3-5(7(11)12)2-6(10)4-9/h1-8H;2,4H,3H2,1H3,(H,11,12)(H,13,14). The summed E-state index contributed by atoms with van der Waals surface area (Å²) in [4.78, 5) is 31.9. The van der Waals surface area contributed by atoms with Gasteiger partial charge in [-0.1, -0.05) is 29.8 Å². The number of rotatable bonds is 4. The van der Waals surface area contributed by atoms with Crippen LogP contribution < -0.4 is 0 Å². The average Bonchev–Trinajstić information content (AvgIpc) is 3.11. The summed E-state index contributed by atoms with van der Waals surface area (Å²) in [5, 5.41) is 21.8. The molecule has 0 amide bonds. The quantitative estimate of drug-likeness (QED) is 0.777. The summed E-state index contributed by atoms with van der Waals surface area (Å²) in [5.41, 5.74) is 0.335. The van der Waals surface area contributed by atoms with E-state index in [9.17, 15) is 14.4 Å². The molecule has 3 rings (SSSR count). The van der Waals surface area contributed by atoms with E-state index >= 15 is 0 Å². The first-order valence-electron chi connectivity index (χ1n) is 7.86. The predicted molar refractivity (Wildman–Crippen MR) is 99.0 cm³/mol. The van der Waals surface area contributed by atoms with Crippen molar-refractivity contribution >= 4 is 29.8 Å². The fraction of sp³-hybridized carbons (Fsp3) is 0.158. The number of carbonyl (C=O) groups is 3. The van der Waals surface area contributed by atoms with Gasteiger partial charge in [0.1, 0.15) is 0 Å². The highest BCUT2D eigenvalue weighted by atomic mass is 35.5. The molecule has 0 fully saturated rings. The summed E-state index contributed by atoms with van der Waals surface area (Å²) < 4.78 is 1.67. The summed E-state index contributed by atoms with van der Waals surface area (Å²) in [6.45, 7) is 1.44. The topological polar surface area (TPSA) is 109 Å².